The number of nitrogens with one attached hydrogen (secondary N) is 2. The van der Waals surface area contributed by atoms with E-state index in [4.69, 9.17) is 34.8 Å². The van der Waals surface area contributed by atoms with Crippen molar-refractivity contribution in [3.63, 3.8) is 0 Å². The molecule has 6 rings (SSSR count). The van der Waals surface area contributed by atoms with Crippen molar-refractivity contribution in [3.8, 4) is 0 Å². The van der Waals surface area contributed by atoms with Crippen molar-refractivity contribution in [1.29, 1.82) is 0 Å². The Morgan fingerprint density at radius 2 is 1.33 bits per heavy atom. The zero-order chi connectivity index (χ0) is 34.7. The van der Waals surface area contributed by atoms with Gasteiger partial charge in [-0.3, -0.25) is 14.4 Å². The Balaban J connectivity index is 1.30. The number of likely N-dealkylation sites (tertiary alicyclic amines) is 2. The van der Waals surface area contributed by atoms with Crippen molar-refractivity contribution in [2.75, 3.05) is 26.2 Å². The molecule has 3 amide bonds. The first kappa shape index (κ1) is 35.7. The molecule has 0 aliphatic carbocycles. The number of carbonyl (C=O) groups is 3. The number of carbonyl (C=O) groups excluding carboxylic acids is 3. The molecule has 4 atom stereocenters. The van der Waals surface area contributed by atoms with E-state index in [1.54, 1.807) is 41.3 Å². The van der Waals surface area contributed by atoms with Gasteiger partial charge in [-0.2, -0.15) is 0 Å². The van der Waals surface area contributed by atoms with E-state index >= 15 is 0 Å². The van der Waals surface area contributed by atoms with Crippen LogP contribution in [-0.2, 0) is 19.8 Å². The maximum Gasteiger partial charge on any atom is 0.246 e. The molecule has 0 bridgehead atoms. The lowest BCUT2D eigenvalue weighted by Gasteiger charge is -2.38. The first-order chi connectivity index (χ1) is 23.6. The lowest BCUT2D eigenvalue weighted by Crippen LogP contribution is -2.55. The van der Waals surface area contributed by atoms with E-state index in [9.17, 15) is 19.5 Å². The highest BCUT2D eigenvalue weighted by atomic mass is 35.5. The minimum atomic E-state index is -1.02. The summed E-state index contributed by atoms with van der Waals surface area (Å²) in [6, 6.07) is 20.6. The van der Waals surface area contributed by atoms with Crippen LogP contribution in [0, 0.1) is 5.92 Å². The van der Waals surface area contributed by atoms with Crippen LogP contribution in [0.4, 0.5) is 0 Å². The average molecular weight is 726 g/mol. The van der Waals surface area contributed by atoms with Crippen LogP contribution in [0.15, 0.2) is 72.8 Å². The lowest BCUT2D eigenvalue weighted by atomic mass is 9.67. The number of nitrogens with zero attached hydrogens (tertiary/aromatic N) is 2. The summed E-state index contributed by atoms with van der Waals surface area (Å²) >= 11 is 19.0. The summed E-state index contributed by atoms with van der Waals surface area (Å²) in [5.41, 5.74) is 1.43. The third-order valence-corrected chi connectivity index (χ3v) is 11.4. The zero-order valence-corrected chi connectivity index (χ0v) is 29.9. The molecule has 3 aromatic carbocycles. The normalized spacial score (nSPS) is 22.3. The molecule has 1 unspecified atom stereocenters. The van der Waals surface area contributed by atoms with Crippen LogP contribution in [0.3, 0.4) is 0 Å². The summed E-state index contributed by atoms with van der Waals surface area (Å²) in [6.07, 6.45) is 2.44. The summed E-state index contributed by atoms with van der Waals surface area (Å²) in [4.78, 5) is 45.7. The van der Waals surface area contributed by atoms with Crippen molar-refractivity contribution in [3.05, 3.63) is 105 Å². The third-order valence-electron chi connectivity index (χ3n) is 10.6. The predicted molar refractivity (Wildman–Crippen MR) is 193 cm³/mol. The van der Waals surface area contributed by atoms with Gasteiger partial charge in [0.25, 0.3) is 0 Å². The highest BCUT2D eigenvalue weighted by Crippen LogP contribution is 2.44. The van der Waals surface area contributed by atoms with Gasteiger partial charge in [-0.25, -0.2) is 0 Å². The van der Waals surface area contributed by atoms with Gasteiger partial charge in [-0.05, 0) is 105 Å². The first-order valence-electron chi connectivity index (χ1n) is 17.1. The van der Waals surface area contributed by atoms with Crippen molar-refractivity contribution >= 4 is 52.5 Å². The number of aliphatic hydroxyl groups excluding tert-OH is 1. The van der Waals surface area contributed by atoms with E-state index in [0.717, 1.165) is 42.6 Å². The molecular formula is C38H43Cl3N4O4. The van der Waals surface area contributed by atoms with Gasteiger partial charge in [0, 0.05) is 47.0 Å². The maximum absolute atomic E-state index is 14.7. The highest BCUT2D eigenvalue weighted by molar-refractivity contribution is 6.31. The number of rotatable bonds is 9. The Kier molecular flexibility index (Phi) is 11.2. The lowest BCUT2D eigenvalue weighted by molar-refractivity contribution is -0.147. The van der Waals surface area contributed by atoms with E-state index in [1.165, 1.54) is 4.90 Å². The molecule has 49 heavy (non-hydrogen) atoms. The van der Waals surface area contributed by atoms with Gasteiger partial charge in [0.2, 0.25) is 17.7 Å². The molecular weight excluding hydrogens is 683 g/mol. The molecule has 0 saturated carbocycles. The molecule has 3 saturated heterocycles. The van der Waals surface area contributed by atoms with E-state index in [1.807, 2.05) is 43.3 Å². The molecule has 3 N–H and O–H groups in total. The minimum Gasteiger partial charge on any atom is -0.391 e. The van der Waals surface area contributed by atoms with E-state index in [-0.39, 0.29) is 43.1 Å². The van der Waals surface area contributed by atoms with Crippen LogP contribution >= 0.6 is 34.8 Å². The summed E-state index contributed by atoms with van der Waals surface area (Å²) in [5.74, 6) is -0.363. The van der Waals surface area contributed by atoms with Gasteiger partial charge in [0.1, 0.15) is 12.1 Å². The number of halogens is 3. The number of β-amino-alcohol motifs (C(OH)–C–C–N with tert-alkyl or cyclic N) is 1. The average Bonchev–Trinajstić information content (AvgIpc) is 3.76. The molecule has 3 heterocycles. The highest BCUT2D eigenvalue weighted by Gasteiger charge is 2.47. The topological polar surface area (TPSA) is 102 Å². The van der Waals surface area contributed by atoms with Crippen molar-refractivity contribution in [2.24, 2.45) is 5.92 Å². The third kappa shape index (κ3) is 7.64. The van der Waals surface area contributed by atoms with Crippen molar-refractivity contribution < 1.29 is 19.5 Å². The first-order valence-corrected chi connectivity index (χ1v) is 18.3. The van der Waals surface area contributed by atoms with Gasteiger partial charge < -0.3 is 25.5 Å². The van der Waals surface area contributed by atoms with Crippen molar-refractivity contribution in [1.82, 2.24) is 20.4 Å². The standard InChI is InChI=1S/C38H43Cl3N4O4/c1-24(25-16-18-42-19-17-25)43-36(48)33-3-2-20-44(33)37(49)34-21-32(46)23-45(34)35(47)22-38(26-4-10-29(39)11-5-26,27-6-12-30(40)13-7-27)28-8-14-31(41)15-9-28/h4-15,24-25,32-34,42,46H,2-3,16-23H2,1H3,(H,43,48)/t24?,32-,33-,34+/m1/s1. The summed E-state index contributed by atoms with van der Waals surface area (Å²) in [7, 11) is 0. The minimum absolute atomic E-state index is 0.000238. The second kappa shape index (κ2) is 15.4. The quantitative estimate of drug-likeness (QED) is 0.241. The van der Waals surface area contributed by atoms with Crippen LogP contribution in [0.1, 0.15) is 62.1 Å². The van der Waals surface area contributed by atoms with Gasteiger partial charge in [-0.1, -0.05) is 71.2 Å². The number of piperidine rings is 1. The molecule has 0 aromatic heterocycles. The second-order valence-corrected chi connectivity index (χ2v) is 14.9. The van der Waals surface area contributed by atoms with Crippen LogP contribution in [0.2, 0.25) is 15.1 Å². The largest absolute Gasteiger partial charge is 0.391 e. The second-order valence-electron chi connectivity index (χ2n) is 13.6. The van der Waals surface area contributed by atoms with E-state index in [0.29, 0.717) is 40.4 Å². The molecule has 3 aliphatic rings. The fraction of sp³-hybridized carbons (Fsp3) is 0.447. The number of aliphatic hydroxyl groups is 1. The van der Waals surface area contributed by atoms with Crippen LogP contribution in [0.5, 0.6) is 0 Å². The van der Waals surface area contributed by atoms with Gasteiger partial charge in [-0.15, -0.1) is 0 Å². The predicted octanol–water partition coefficient (Wildman–Crippen LogP) is 5.83. The summed E-state index contributed by atoms with van der Waals surface area (Å²) < 4.78 is 0. The fourth-order valence-electron chi connectivity index (χ4n) is 7.94. The van der Waals surface area contributed by atoms with E-state index < -0.39 is 23.6 Å². The number of hydrogen-bond donors (Lipinski definition) is 3. The number of hydrogen-bond acceptors (Lipinski definition) is 5. The Labute approximate surface area is 303 Å². The SMILES string of the molecule is CC(NC(=O)[C@H]1CCCN1C(=O)[C@@H]1C[C@@H](O)CN1C(=O)CC(c1ccc(Cl)cc1)(c1ccc(Cl)cc1)c1ccc(Cl)cc1)C1CCNCC1. The Hall–Kier alpha value is -3.14. The van der Waals surface area contributed by atoms with E-state index in [2.05, 4.69) is 10.6 Å². The molecule has 3 aliphatic heterocycles. The number of benzene rings is 3. The Bertz CT molecular complexity index is 1520. The number of amides is 3. The maximum atomic E-state index is 14.7. The molecule has 3 aromatic rings. The monoisotopic (exact) mass is 724 g/mol. The molecule has 8 nitrogen and oxygen atoms in total. The van der Waals surface area contributed by atoms with Gasteiger partial charge in [0.05, 0.1) is 11.5 Å². The fourth-order valence-corrected chi connectivity index (χ4v) is 8.32. The van der Waals surface area contributed by atoms with Crippen LogP contribution < -0.4 is 10.6 Å². The smallest absolute Gasteiger partial charge is 0.246 e. The Morgan fingerprint density at radius 3 is 1.84 bits per heavy atom. The van der Waals surface area contributed by atoms with Gasteiger partial charge in [0.15, 0.2) is 0 Å². The summed E-state index contributed by atoms with van der Waals surface area (Å²) in [6.45, 7) is 4.35. The Morgan fingerprint density at radius 1 is 0.816 bits per heavy atom. The van der Waals surface area contributed by atoms with Crippen LogP contribution in [-0.4, -0.2) is 83.0 Å². The summed E-state index contributed by atoms with van der Waals surface area (Å²) in [5, 5.41) is 19.1. The van der Waals surface area contributed by atoms with Gasteiger partial charge >= 0.3 is 0 Å². The molecule has 260 valence electrons. The molecule has 0 spiro atoms. The zero-order valence-electron chi connectivity index (χ0n) is 27.6. The van der Waals surface area contributed by atoms with Crippen LogP contribution in [0.25, 0.3) is 0 Å². The molecule has 3 fully saturated rings. The van der Waals surface area contributed by atoms with Crippen molar-refractivity contribution in [2.45, 2.75) is 75.1 Å². The molecule has 11 heteroatoms. The molecule has 0 radical (unpaired) electrons.